The molecule has 0 unspecified atom stereocenters. The Morgan fingerprint density at radius 3 is 2.46 bits per heavy atom. The number of carbonyl (C=O) groups is 1. The van der Waals surface area contributed by atoms with E-state index < -0.39 is 5.97 Å². The van der Waals surface area contributed by atoms with E-state index in [1.807, 2.05) is 18.2 Å². The summed E-state index contributed by atoms with van der Waals surface area (Å²) < 4.78 is 5.27. The summed E-state index contributed by atoms with van der Waals surface area (Å²) >= 11 is 6.05. The fourth-order valence-corrected chi connectivity index (χ4v) is 2.15. The van der Waals surface area contributed by atoms with Crippen LogP contribution in [0.2, 0.25) is 5.02 Å². The van der Waals surface area contributed by atoms with Crippen molar-refractivity contribution in [1.29, 1.82) is 0 Å². The number of esters is 1. The summed E-state index contributed by atoms with van der Waals surface area (Å²) in [6.07, 6.45) is 3.25. The maximum Gasteiger partial charge on any atom is 0.362 e. The van der Waals surface area contributed by atoms with Gasteiger partial charge in [-0.05, 0) is 54.1 Å². The Balaban J connectivity index is 1.67. The van der Waals surface area contributed by atoms with E-state index in [9.17, 15) is 4.79 Å². The second kappa shape index (κ2) is 7.53. The van der Waals surface area contributed by atoms with Gasteiger partial charge in [-0.1, -0.05) is 29.8 Å². The van der Waals surface area contributed by atoms with E-state index in [-0.39, 0.29) is 5.69 Å². The molecule has 1 heterocycles. The predicted octanol–water partition coefficient (Wildman–Crippen LogP) is 4.70. The van der Waals surface area contributed by atoms with Crippen molar-refractivity contribution in [1.82, 2.24) is 4.98 Å². The zero-order valence-electron chi connectivity index (χ0n) is 12.6. The smallest absolute Gasteiger partial charge is 0.362 e. The number of pyridine rings is 1. The summed E-state index contributed by atoms with van der Waals surface area (Å²) in [6, 6.07) is 19.4. The zero-order valence-corrected chi connectivity index (χ0v) is 13.4. The molecule has 24 heavy (non-hydrogen) atoms. The zero-order chi connectivity index (χ0) is 16.8. The van der Waals surface area contributed by atoms with Crippen molar-refractivity contribution < 1.29 is 9.53 Å². The Morgan fingerprint density at radius 2 is 1.75 bits per heavy atom. The number of aromatic nitrogens is 1. The molecule has 5 heteroatoms. The first kappa shape index (κ1) is 15.9. The molecule has 0 saturated carbocycles. The standard InChI is InChI=1S/C19H13ClN2O2/c20-16-5-1-2-6-17(16)22-13-14-8-10-15(11-9-14)24-19(23)18-7-3-4-12-21-18/h1-13H. The molecule has 0 aliphatic heterocycles. The number of halogens is 1. The molecule has 3 aromatic rings. The number of para-hydroxylation sites is 1. The summed E-state index contributed by atoms with van der Waals surface area (Å²) in [5.74, 6) is -0.0476. The predicted molar refractivity (Wildman–Crippen MR) is 94.3 cm³/mol. The van der Waals surface area contributed by atoms with Gasteiger partial charge in [-0.15, -0.1) is 0 Å². The molecule has 1 aromatic heterocycles. The van der Waals surface area contributed by atoms with Crippen LogP contribution in [0.1, 0.15) is 16.1 Å². The molecule has 4 nitrogen and oxygen atoms in total. The molecule has 0 saturated heterocycles. The molecule has 0 N–H and O–H groups in total. The molecule has 0 fully saturated rings. The Hall–Kier alpha value is -2.98. The first-order chi connectivity index (χ1) is 11.7. The number of benzene rings is 2. The lowest BCUT2D eigenvalue weighted by atomic mass is 10.2. The minimum atomic E-state index is -0.493. The monoisotopic (exact) mass is 336 g/mol. The summed E-state index contributed by atoms with van der Waals surface area (Å²) in [7, 11) is 0. The van der Waals surface area contributed by atoms with Crippen LogP contribution in [0.3, 0.4) is 0 Å². The van der Waals surface area contributed by atoms with Gasteiger partial charge in [0.1, 0.15) is 11.4 Å². The van der Waals surface area contributed by atoms with Crippen LogP contribution >= 0.6 is 11.6 Å². The van der Waals surface area contributed by atoms with E-state index in [2.05, 4.69) is 9.98 Å². The van der Waals surface area contributed by atoms with E-state index in [0.29, 0.717) is 16.5 Å². The lowest BCUT2D eigenvalue weighted by molar-refractivity contribution is 0.0728. The molecule has 118 valence electrons. The molecule has 0 radical (unpaired) electrons. The highest BCUT2D eigenvalue weighted by Crippen LogP contribution is 2.23. The highest BCUT2D eigenvalue weighted by molar-refractivity contribution is 6.33. The van der Waals surface area contributed by atoms with Gasteiger partial charge in [-0.3, -0.25) is 4.99 Å². The van der Waals surface area contributed by atoms with Crippen molar-refractivity contribution in [2.75, 3.05) is 0 Å². The lowest BCUT2D eigenvalue weighted by Gasteiger charge is -2.03. The fourth-order valence-electron chi connectivity index (χ4n) is 1.97. The maximum atomic E-state index is 11.9. The summed E-state index contributed by atoms with van der Waals surface area (Å²) in [5.41, 5.74) is 1.83. The Morgan fingerprint density at radius 1 is 1.00 bits per heavy atom. The lowest BCUT2D eigenvalue weighted by Crippen LogP contribution is -2.10. The van der Waals surface area contributed by atoms with Gasteiger partial charge in [0.2, 0.25) is 0 Å². The minimum absolute atomic E-state index is 0.266. The van der Waals surface area contributed by atoms with Gasteiger partial charge in [0, 0.05) is 12.4 Å². The van der Waals surface area contributed by atoms with Crippen molar-refractivity contribution in [2.45, 2.75) is 0 Å². The quantitative estimate of drug-likeness (QED) is 0.394. The summed E-state index contributed by atoms with van der Waals surface area (Å²) in [5, 5.41) is 0.592. The Labute approximate surface area is 144 Å². The van der Waals surface area contributed by atoms with E-state index in [1.165, 1.54) is 0 Å². The number of hydrogen-bond donors (Lipinski definition) is 0. The maximum absolute atomic E-state index is 11.9. The second-order valence-electron chi connectivity index (χ2n) is 4.88. The highest BCUT2D eigenvalue weighted by atomic mass is 35.5. The SMILES string of the molecule is O=C(Oc1ccc(C=Nc2ccccc2Cl)cc1)c1ccccn1. The number of aliphatic imine (C=N–C) groups is 1. The molecular weight excluding hydrogens is 324 g/mol. The molecule has 2 aromatic carbocycles. The van der Waals surface area contributed by atoms with Crippen molar-refractivity contribution in [3.8, 4) is 5.75 Å². The van der Waals surface area contributed by atoms with Gasteiger partial charge >= 0.3 is 5.97 Å². The third kappa shape index (κ3) is 4.06. The molecule has 3 rings (SSSR count). The Bertz CT molecular complexity index is 862. The number of rotatable bonds is 4. The van der Waals surface area contributed by atoms with Crippen LogP contribution < -0.4 is 4.74 Å². The summed E-state index contributed by atoms with van der Waals surface area (Å²) in [4.78, 5) is 20.2. The van der Waals surface area contributed by atoms with Crippen molar-refractivity contribution in [2.24, 2.45) is 4.99 Å². The molecular formula is C19H13ClN2O2. The normalized spacial score (nSPS) is 10.7. The largest absolute Gasteiger partial charge is 0.422 e. The van der Waals surface area contributed by atoms with Crippen LogP contribution in [-0.2, 0) is 0 Å². The van der Waals surface area contributed by atoms with Gasteiger partial charge < -0.3 is 4.74 Å². The fraction of sp³-hybridized carbons (Fsp3) is 0. The first-order valence-corrected chi connectivity index (χ1v) is 7.62. The van der Waals surface area contributed by atoms with Gasteiger partial charge in [0.15, 0.2) is 0 Å². The van der Waals surface area contributed by atoms with Crippen molar-refractivity contribution in [3.63, 3.8) is 0 Å². The van der Waals surface area contributed by atoms with Gasteiger partial charge in [0.25, 0.3) is 0 Å². The topological polar surface area (TPSA) is 51.5 Å². The number of ether oxygens (including phenoxy) is 1. The molecule has 0 aliphatic rings. The average molecular weight is 337 g/mol. The second-order valence-corrected chi connectivity index (χ2v) is 5.29. The van der Waals surface area contributed by atoms with Crippen LogP contribution in [0.4, 0.5) is 5.69 Å². The van der Waals surface area contributed by atoms with E-state index in [0.717, 1.165) is 5.56 Å². The van der Waals surface area contributed by atoms with Crippen LogP contribution in [0.15, 0.2) is 77.9 Å². The van der Waals surface area contributed by atoms with Gasteiger partial charge in [0.05, 0.1) is 10.7 Å². The van der Waals surface area contributed by atoms with Crippen LogP contribution in [-0.4, -0.2) is 17.2 Å². The average Bonchev–Trinajstić information content (AvgIpc) is 2.63. The van der Waals surface area contributed by atoms with Crippen molar-refractivity contribution in [3.05, 3.63) is 89.2 Å². The van der Waals surface area contributed by atoms with Gasteiger partial charge in [-0.25, -0.2) is 9.78 Å². The Kier molecular flexibility index (Phi) is 4.99. The number of nitrogens with zero attached hydrogens (tertiary/aromatic N) is 2. The van der Waals surface area contributed by atoms with E-state index in [4.69, 9.17) is 16.3 Å². The van der Waals surface area contributed by atoms with Crippen molar-refractivity contribution >= 4 is 29.5 Å². The molecule has 0 bridgehead atoms. The third-order valence-electron chi connectivity index (χ3n) is 3.17. The summed E-state index contributed by atoms with van der Waals surface area (Å²) in [6.45, 7) is 0. The van der Waals surface area contributed by atoms with Gasteiger partial charge in [-0.2, -0.15) is 0 Å². The number of hydrogen-bond acceptors (Lipinski definition) is 4. The van der Waals surface area contributed by atoms with E-state index in [1.54, 1.807) is 60.9 Å². The third-order valence-corrected chi connectivity index (χ3v) is 3.49. The number of carbonyl (C=O) groups excluding carboxylic acids is 1. The van der Waals surface area contributed by atoms with Crippen LogP contribution in [0, 0.1) is 0 Å². The van der Waals surface area contributed by atoms with E-state index >= 15 is 0 Å². The molecule has 0 amide bonds. The van der Waals surface area contributed by atoms with Crippen LogP contribution in [0.5, 0.6) is 5.75 Å². The minimum Gasteiger partial charge on any atom is -0.422 e. The molecule has 0 atom stereocenters. The van der Waals surface area contributed by atoms with Crippen LogP contribution in [0.25, 0.3) is 0 Å². The first-order valence-electron chi connectivity index (χ1n) is 7.24. The molecule has 0 spiro atoms. The molecule has 0 aliphatic carbocycles. The highest BCUT2D eigenvalue weighted by Gasteiger charge is 2.08.